The zero-order valence-corrected chi connectivity index (χ0v) is 26.1. The molecule has 230 valence electrons. The molecule has 0 saturated carbocycles. The smallest absolute Gasteiger partial charge is 0.264 e. The van der Waals surface area contributed by atoms with Crippen molar-refractivity contribution in [3.8, 4) is 5.75 Å². The van der Waals surface area contributed by atoms with Gasteiger partial charge in [0.25, 0.3) is 10.0 Å². The van der Waals surface area contributed by atoms with Crippen molar-refractivity contribution in [2.24, 2.45) is 0 Å². The van der Waals surface area contributed by atoms with Crippen LogP contribution in [0.15, 0.2) is 120 Å². The summed E-state index contributed by atoms with van der Waals surface area (Å²) in [7, 11) is -2.63. The second-order valence-corrected chi connectivity index (χ2v) is 12.4. The molecule has 0 heterocycles. The maximum atomic E-state index is 14.4. The van der Waals surface area contributed by atoms with E-state index in [0.29, 0.717) is 11.4 Å². The molecule has 4 aromatic carbocycles. The molecule has 4 rings (SSSR count). The topological polar surface area (TPSA) is 96.0 Å². The zero-order valence-electron chi connectivity index (χ0n) is 25.3. The number of carbonyl (C=O) groups is 2. The number of rotatable bonds is 14. The van der Waals surface area contributed by atoms with Crippen LogP contribution in [0.25, 0.3) is 0 Å². The normalized spacial score (nSPS) is 12.5. The number of hydrogen-bond donors (Lipinski definition) is 1. The molecular formula is C35H39N3O5S. The summed E-state index contributed by atoms with van der Waals surface area (Å²) in [6.45, 7) is 3.50. The average molecular weight is 614 g/mol. The van der Waals surface area contributed by atoms with Gasteiger partial charge in [0.05, 0.1) is 17.7 Å². The van der Waals surface area contributed by atoms with Gasteiger partial charge in [-0.25, -0.2) is 8.42 Å². The molecule has 0 aromatic heterocycles. The molecule has 0 aliphatic carbocycles. The molecule has 8 nitrogen and oxygen atoms in total. The van der Waals surface area contributed by atoms with E-state index in [1.807, 2.05) is 74.5 Å². The third-order valence-electron chi connectivity index (χ3n) is 7.44. The molecule has 0 aliphatic heterocycles. The summed E-state index contributed by atoms with van der Waals surface area (Å²) in [5.74, 6) is -0.258. The molecule has 0 saturated heterocycles. The molecule has 44 heavy (non-hydrogen) atoms. The predicted octanol–water partition coefficient (Wildman–Crippen LogP) is 5.45. The van der Waals surface area contributed by atoms with E-state index < -0.39 is 28.5 Å². The highest BCUT2D eigenvalue weighted by Gasteiger charge is 2.35. The van der Waals surface area contributed by atoms with Gasteiger partial charge >= 0.3 is 0 Å². The van der Waals surface area contributed by atoms with Crippen LogP contribution in [0.2, 0.25) is 0 Å². The summed E-state index contributed by atoms with van der Waals surface area (Å²) in [6.07, 6.45) is 0.979. The lowest BCUT2D eigenvalue weighted by molar-refractivity contribution is -0.140. The molecule has 0 spiro atoms. The Balaban J connectivity index is 1.78. The van der Waals surface area contributed by atoms with Crippen LogP contribution in [-0.2, 0) is 32.6 Å². The Morgan fingerprint density at radius 3 is 1.89 bits per heavy atom. The highest BCUT2D eigenvalue weighted by Crippen LogP contribution is 2.27. The van der Waals surface area contributed by atoms with Crippen molar-refractivity contribution >= 4 is 27.5 Å². The van der Waals surface area contributed by atoms with E-state index in [2.05, 4.69) is 5.32 Å². The van der Waals surface area contributed by atoms with Gasteiger partial charge in [0.15, 0.2) is 0 Å². The van der Waals surface area contributed by atoms with Gasteiger partial charge in [0.1, 0.15) is 18.3 Å². The van der Waals surface area contributed by atoms with Crippen LogP contribution < -0.4 is 14.4 Å². The van der Waals surface area contributed by atoms with Crippen molar-refractivity contribution in [1.29, 1.82) is 0 Å². The Bertz CT molecular complexity index is 1600. The molecular weight excluding hydrogens is 574 g/mol. The minimum absolute atomic E-state index is 0.0496. The maximum Gasteiger partial charge on any atom is 0.264 e. The lowest BCUT2D eigenvalue weighted by Gasteiger charge is -2.34. The number of amides is 2. The van der Waals surface area contributed by atoms with Gasteiger partial charge in [-0.15, -0.1) is 0 Å². The predicted molar refractivity (Wildman–Crippen MR) is 173 cm³/mol. The molecule has 2 atom stereocenters. The van der Waals surface area contributed by atoms with Crippen molar-refractivity contribution in [3.63, 3.8) is 0 Å². The summed E-state index contributed by atoms with van der Waals surface area (Å²) in [5.41, 5.74) is 2.00. The summed E-state index contributed by atoms with van der Waals surface area (Å²) >= 11 is 0. The fourth-order valence-electron chi connectivity index (χ4n) is 4.77. The van der Waals surface area contributed by atoms with Gasteiger partial charge in [-0.1, -0.05) is 85.8 Å². The Labute approximate surface area is 260 Å². The second kappa shape index (κ2) is 15.2. The number of sulfonamides is 1. The first-order valence-corrected chi connectivity index (χ1v) is 16.1. The number of carbonyl (C=O) groups excluding carboxylic acids is 2. The Morgan fingerprint density at radius 1 is 0.795 bits per heavy atom. The van der Waals surface area contributed by atoms with Crippen LogP contribution in [0, 0.1) is 0 Å². The fourth-order valence-corrected chi connectivity index (χ4v) is 6.21. The average Bonchev–Trinajstić information content (AvgIpc) is 3.06. The molecule has 0 fully saturated rings. The van der Waals surface area contributed by atoms with Gasteiger partial charge < -0.3 is 15.0 Å². The molecule has 1 N–H and O–H groups in total. The second-order valence-electron chi connectivity index (χ2n) is 10.6. The van der Waals surface area contributed by atoms with E-state index >= 15 is 0 Å². The zero-order chi connectivity index (χ0) is 31.5. The van der Waals surface area contributed by atoms with E-state index in [4.69, 9.17) is 4.74 Å². The van der Waals surface area contributed by atoms with Gasteiger partial charge in [-0.05, 0) is 60.9 Å². The Morgan fingerprint density at radius 2 is 1.34 bits per heavy atom. The number of hydrogen-bond acceptors (Lipinski definition) is 5. The van der Waals surface area contributed by atoms with Crippen molar-refractivity contribution in [1.82, 2.24) is 10.2 Å². The van der Waals surface area contributed by atoms with Gasteiger partial charge in [-0.2, -0.15) is 0 Å². The van der Waals surface area contributed by atoms with Crippen molar-refractivity contribution in [2.75, 3.05) is 18.0 Å². The molecule has 0 aliphatic rings. The van der Waals surface area contributed by atoms with Crippen molar-refractivity contribution < 1.29 is 22.7 Å². The highest BCUT2D eigenvalue weighted by molar-refractivity contribution is 7.92. The Kier molecular flexibility index (Phi) is 11.2. The van der Waals surface area contributed by atoms with Gasteiger partial charge in [0.2, 0.25) is 11.8 Å². The van der Waals surface area contributed by atoms with Gasteiger partial charge in [-0.3, -0.25) is 13.9 Å². The summed E-state index contributed by atoms with van der Waals surface area (Å²) in [6, 6.07) is 32.4. The number of benzene rings is 4. The van der Waals surface area contributed by atoms with Crippen molar-refractivity contribution in [3.05, 3.63) is 126 Å². The molecule has 2 amide bonds. The number of ether oxygens (including phenoxy) is 1. The first-order valence-electron chi connectivity index (χ1n) is 14.6. The maximum absolute atomic E-state index is 14.4. The highest BCUT2D eigenvalue weighted by atomic mass is 32.2. The van der Waals surface area contributed by atoms with Crippen LogP contribution in [0.4, 0.5) is 5.69 Å². The molecule has 2 unspecified atom stereocenters. The lowest BCUT2D eigenvalue weighted by atomic mass is 10.0. The third kappa shape index (κ3) is 8.26. The minimum Gasteiger partial charge on any atom is -0.497 e. The van der Waals surface area contributed by atoms with Crippen LogP contribution in [0.1, 0.15) is 31.4 Å². The molecule has 4 aromatic rings. The summed E-state index contributed by atoms with van der Waals surface area (Å²) < 4.78 is 34.4. The van der Waals surface area contributed by atoms with Crippen molar-refractivity contribution in [2.45, 2.75) is 50.2 Å². The van der Waals surface area contributed by atoms with Crippen LogP contribution in [-0.4, -0.2) is 50.9 Å². The quantitative estimate of drug-likeness (QED) is 0.204. The van der Waals surface area contributed by atoms with E-state index in [-0.39, 0.29) is 29.8 Å². The van der Waals surface area contributed by atoms with Crippen LogP contribution in [0.3, 0.4) is 0 Å². The number of nitrogens with one attached hydrogen (secondary N) is 1. The van der Waals surface area contributed by atoms with E-state index in [0.717, 1.165) is 21.9 Å². The summed E-state index contributed by atoms with van der Waals surface area (Å²) in [5, 5.41) is 3.05. The number of nitrogens with zero attached hydrogens (tertiary/aromatic N) is 2. The number of anilines is 1. The fraction of sp³-hybridized carbons (Fsp3) is 0.257. The molecule has 0 bridgehead atoms. The largest absolute Gasteiger partial charge is 0.497 e. The van der Waals surface area contributed by atoms with E-state index in [1.54, 1.807) is 42.5 Å². The van der Waals surface area contributed by atoms with E-state index in [9.17, 15) is 18.0 Å². The van der Waals surface area contributed by atoms with Crippen LogP contribution >= 0.6 is 0 Å². The lowest BCUT2D eigenvalue weighted by Crippen LogP contribution is -2.54. The summed E-state index contributed by atoms with van der Waals surface area (Å²) in [4.78, 5) is 29.8. The van der Waals surface area contributed by atoms with Gasteiger partial charge in [0, 0.05) is 19.0 Å². The standard InChI is InChI=1S/C35H39N3O5S/c1-4-27(2)36-35(40)33(24-28-14-8-5-9-15-28)37(25-29-16-10-6-11-17-29)34(39)26-38(30-20-22-31(43-3)23-21-30)44(41,42)32-18-12-7-13-19-32/h5-23,27,33H,4,24-26H2,1-3H3,(H,36,40). The Hall–Kier alpha value is -4.63. The SMILES string of the molecule is CCC(C)NC(=O)C(Cc1ccccc1)N(Cc1ccccc1)C(=O)CN(c1ccc(OC)cc1)S(=O)(=O)c1ccccc1. The van der Waals surface area contributed by atoms with E-state index in [1.165, 1.54) is 24.1 Å². The first kappa shape index (κ1) is 32.3. The minimum atomic E-state index is -4.16. The molecule has 0 radical (unpaired) electrons. The number of methoxy groups -OCH3 is 1. The third-order valence-corrected chi connectivity index (χ3v) is 9.23. The first-order chi connectivity index (χ1) is 21.2. The monoisotopic (exact) mass is 613 g/mol. The molecule has 9 heteroatoms. The van der Waals surface area contributed by atoms with Crippen LogP contribution in [0.5, 0.6) is 5.75 Å².